The molecule has 0 fully saturated rings. The average Bonchev–Trinajstić information content (AvgIpc) is 2.99. The molecule has 0 saturated heterocycles. The summed E-state index contributed by atoms with van der Waals surface area (Å²) in [4.78, 5) is 29.0. The molecule has 2 aromatic rings. The molecule has 10 heteroatoms. The Morgan fingerprint density at radius 3 is 2.00 bits per heavy atom. The van der Waals surface area contributed by atoms with E-state index < -0.39 is 5.91 Å². The van der Waals surface area contributed by atoms with Crippen LogP contribution in [0.5, 0.6) is 0 Å². The summed E-state index contributed by atoms with van der Waals surface area (Å²) in [6.07, 6.45) is 0. The minimum Gasteiger partial charge on any atom is -0.461 e. The molecule has 0 aromatic carbocycles. The van der Waals surface area contributed by atoms with E-state index in [9.17, 15) is 9.59 Å². The molecular weight excluding hydrogens is 434 g/mol. The molecule has 6 nitrogen and oxygen atoms in total. The molecule has 0 atom stereocenters. The van der Waals surface area contributed by atoms with E-state index in [1.165, 1.54) is 22.7 Å². The number of ether oxygens (including phenoxy) is 1. The van der Waals surface area contributed by atoms with E-state index in [1.54, 1.807) is 17.7 Å². The van der Waals surface area contributed by atoms with Gasteiger partial charge in [-0.15, -0.1) is 22.7 Å². The van der Waals surface area contributed by atoms with Crippen molar-refractivity contribution in [2.45, 2.75) is 6.92 Å². The summed E-state index contributed by atoms with van der Waals surface area (Å²) in [6, 6.07) is 0. The second kappa shape index (κ2) is 8.45. The first-order valence-electron chi connectivity index (χ1n) is 5.13. The van der Waals surface area contributed by atoms with Crippen molar-refractivity contribution in [2.24, 2.45) is 5.73 Å². The Bertz CT molecular complexity index is 600. The Balaban J connectivity index is 0.000000204. The van der Waals surface area contributed by atoms with Crippen LogP contribution in [0.15, 0.2) is 18.6 Å². The highest BCUT2D eigenvalue weighted by Crippen LogP contribution is 2.16. The van der Waals surface area contributed by atoms with Crippen LogP contribution in [-0.2, 0) is 4.74 Å². The third-order valence-corrected chi connectivity index (χ3v) is 4.42. The molecule has 0 spiro atoms. The predicted molar refractivity (Wildman–Crippen MR) is 84.1 cm³/mol. The van der Waals surface area contributed by atoms with Gasteiger partial charge in [0, 0.05) is 10.8 Å². The predicted octanol–water partition coefficient (Wildman–Crippen LogP) is 3.09. The zero-order valence-corrected chi connectivity index (χ0v) is 14.9. The highest BCUT2D eigenvalue weighted by molar-refractivity contribution is 9.11. The lowest BCUT2D eigenvalue weighted by Gasteiger charge is -1.95. The fraction of sp³-hybridized carbons (Fsp3) is 0.200. The van der Waals surface area contributed by atoms with Crippen molar-refractivity contribution in [3.8, 4) is 0 Å². The van der Waals surface area contributed by atoms with E-state index >= 15 is 0 Å². The summed E-state index contributed by atoms with van der Waals surface area (Å²) in [5.74, 6) is -0.855. The van der Waals surface area contributed by atoms with Gasteiger partial charge in [-0.3, -0.25) is 4.79 Å². The number of nitrogens with zero attached hydrogens (tertiary/aromatic N) is 2. The number of aromatic nitrogens is 2. The van der Waals surface area contributed by atoms with Crippen molar-refractivity contribution >= 4 is 66.4 Å². The van der Waals surface area contributed by atoms with Gasteiger partial charge in [-0.05, 0) is 38.8 Å². The molecule has 0 saturated carbocycles. The zero-order chi connectivity index (χ0) is 15.1. The highest BCUT2D eigenvalue weighted by Gasteiger charge is 2.09. The third kappa shape index (κ3) is 5.65. The summed E-state index contributed by atoms with van der Waals surface area (Å²) in [6.45, 7) is 2.15. The summed E-state index contributed by atoms with van der Waals surface area (Å²) in [5, 5.41) is 3.26. The Labute approximate surface area is 139 Å². The van der Waals surface area contributed by atoms with Crippen LogP contribution in [-0.4, -0.2) is 28.5 Å². The largest absolute Gasteiger partial charge is 0.461 e. The maximum Gasteiger partial charge on any atom is 0.357 e. The van der Waals surface area contributed by atoms with E-state index in [-0.39, 0.29) is 5.97 Å². The fourth-order valence-electron chi connectivity index (χ4n) is 0.916. The topological polar surface area (TPSA) is 95.2 Å². The number of halogens is 2. The Morgan fingerprint density at radius 1 is 1.20 bits per heavy atom. The molecular formula is C10H9Br2N3O3S2. The first kappa shape index (κ1) is 17.2. The lowest BCUT2D eigenvalue weighted by atomic mass is 10.5. The number of primary amides is 1. The second-order valence-electron chi connectivity index (χ2n) is 3.06. The van der Waals surface area contributed by atoms with Gasteiger partial charge in [0.05, 0.1) is 6.61 Å². The Morgan fingerprint density at radius 2 is 1.70 bits per heavy atom. The van der Waals surface area contributed by atoms with Crippen molar-refractivity contribution < 1.29 is 14.3 Å². The van der Waals surface area contributed by atoms with Crippen molar-refractivity contribution in [1.82, 2.24) is 9.97 Å². The minimum absolute atomic E-state index is 0.312. The number of esters is 1. The van der Waals surface area contributed by atoms with Crippen molar-refractivity contribution in [3.63, 3.8) is 0 Å². The Kier molecular flexibility index (Phi) is 7.27. The van der Waals surface area contributed by atoms with Crippen LogP contribution >= 0.6 is 54.5 Å². The third-order valence-electron chi connectivity index (χ3n) is 1.69. The van der Waals surface area contributed by atoms with Gasteiger partial charge in [-0.1, -0.05) is 0 Å². The summed E-state index contributed by atoms with van der Waals surface area (Å²) >= 11 is 8.95. The van der Waals surface area contributed by atoms with Gasteiger partial charge in [0.25, 0.3) is 5.91 Å². The number of hydrogen-bond donors (Lipinski definition) is 1. The summed E-state index contributed by atoms with van der Waals surface area (Å²) in [7, 11) is 0. The molecule has 0 aliphatic heterocycles. The number of nitrogens with two attached hydrogens (primary N) is 1. The lowest BCUT2D eigenvalue weighted by molar-refractivity contribution is 0.0520. The fourth-order valence-corrected chi connectivity index (χ4v) is 2.90. The van der Waals surface area contributed by atoms with E-state index in [1.807, 2.05) is 0 Å². The molecule has 0 bridgehead atoms. The molecule has 108 valence electrons. The normalized spacial score (nSPS) is 9.55. The van der Waals surface area contributed by atoms with Gasteiger partial charge in [0.2, 0.25) is 0 Å². The molecule has 0 radical (unpaired) electrons. The minimum atomic E-state index is -0.489. The number of carbonyl (C=O) groups is 2. The number of thiazole rings is 2. The van der Waals surface area contributed by atoms with Crippen LogP contribution in [0.2, 0.25) is 0 Å². The molecule has 1 amide bonds. The van der Waals surface area contributed by atoms with E-state index in [2.05, 4.69) is 41.8 Å². The van der Waals surface area contributed by atoms with Crippen LogP contribution in [0.1, 0.15) is 27.9 Å². The standard InChI is InChI=1S/C6H6BrNO2S.C4H3BrN2OS/c1-2-10-5(9)4-3-11-6(7)8-4;5-4-7-2(1-9-4)3(6)8/h3H,2H2,1H3;1H,(H2,6,8). The van der Waals surface area contributed by atoms with Gasteiger partial charge >= 0.3 is 5.97 Å². The van der Waals surface area contributed by atoms with Crippen LogP contribution < -0.4 is 5.73 Å². The van der Waals surface area contributed by atoms with Gasteiger partial charge in [-0.2, -0.15) is 0 Å². The maximum atomic E-state index is 11.0. The molecule has 2 heterocycles. The van der Waals surface area contributed by atoms with Crippen LogP contribution in [0, 0.1) is 0 Å². The van der Waals surface area contributed by atoms with Gasteiger partial charge < -0.3 is 10.5 Å². The monoisotopic (exact) mass is 441 g/mol. The van der Waals surface area contributed by atoms with E-state index in [0.717, 1.165) is 0 Å². The first-order valence-corrected chi connectivity index (χ1v) is 8.47. The summed E-state index contributed by atoms with van der Waals surface area (Å²) < 4.78 is 6.10. The van der Waals surface area contributed by atoms with E-state index in [4.69, 9.17) is 10.5 Å². The van der Waals surface area contributed by atoms with Crippen LogP contribution in [0.25, 0.3) is 0 Å². The second-order valence-corrected chi connectivity index (χ2v) is 7.32. The van der Waals surface area contributed by atoms with Gasteiger partial charge in [-0.25, -0.2) is 14.8 Å². The smallest absolute Gasteiger partial charge is 0.357 e. The molecule has 0 aliphatic rings. The SMILES string of the molecule is CCOC(=O)c1csc(Br)n1.NC(=O)c1csc(Br)n1. The van der Waals surface area contributed by atoms with Crippen molar-refractivity contribution in [1.29, 1.82) is 0 Å². The van der Waals surface area contributed by atoms with Gasteiger partial charge in [0.1, 0.15) is 5.69 Å². The highest BCUT2D eigenvalue weighted by atomic mass is 79.9. The molecule has 0 aliphatic carbocycles. The van der Waals surface area contributed by atoms with Crippen LogP contribution in [0.3, 0.4) is 0 Å². The van der Waals surface area contributed by atoms with Crippen LogP contribution in [0.4, 0.5) is 0 Å². The number of amides is 1. The molecule has 2 rings (SSSR count). The van der Waals surface area contributed by atoms with E-state index in [0.29, 0.717) is 25.8 Å². The molecule has 2 N–H and O–H groups in total. The molecule has 2 aromatic heterocycles. The number of carbonyl (C=O) groups excluding carboxylic acids is 2. The Hall–Kier alpha value is -0.840. The molecule has 0 unspecified atom stereocenters. The summed E-state index contributed by atoms with van der Waals surface area (Å²) in [5.41, 5.74) is 5.59. The zero-order valence-electron chi connectivity index (χ0n) is 10.1. The number of rotatable bonds is 3. The van der Waals surface area contributed by atoms with Crippen molar-refractivity contribution in [2.75, 3.05) is 6.61 Å². The van der Waals surface area contributed by atoms with Crippen molar-refractivity contribution in [3.05, 3.63) is 30.0 Å². The quantitative estimate of drug-likeness (QED) is 0.736. The lowest BCUT2D eigenvalue weighted by Crippen LogP contribution is -2.10. The first-order chi connectivity index (χ1) is 9.43. The number of hydrogen-bond acceptors (Lipinski definition) is 7. The molecule has 20 heavy (non-hydrogen) atoms. The average molecular weight is 443 g/mol. The van der Waals surface area contributed by atoms with Gasteiger partial charge in [0.15, 0.2) is 13.5 Å². The maximum absolute atomic E-state index is 11.0.